The lowest BCUT2D eigenvalue weighted by atomic mass is 10.2. The Bertz CT molecular complexity index is 981. The van der Waals surface area contributed by atoms with Gasteiger partial charge in [-0.25, -0.2) is 0 Å². The van der Waals surface area contributed by atoms with Crippen LogP contribution in [0.25, 0.3) is 10.9 Å². The number of aryl methyl sites for hydroxylation is 1. The van der Waals surface area contributed by atoms with Gasteiger partial charge in [0.25, 0.3) is 5.56 Å². The number of fused-ring (bicyclic) bond motifs is 1. The summed E-state index contributed by atoms with van der Waals surface area (Å²) in [5, 5.41) is 1.03. The molecule has 0 spiro atoms. The number of benzene rings is 2. The van der Waals surface area contributed by atoms with E-state index in [2.05, 4.69) is 22.8 Å². The van der Waals surface area contributed by atoms with Gasteiger partial charge in [-0.2, -0.15) is 0 Å². The predicted octanol–water partition coefficient (Wildman–Crippen LogP) is 3.06. The molecule has 4 heteroatoms. The lowest BCUT2D eigenvalue weighted by Gasteiger charge is -2.17. The average molecular weight is 332 g/mol. The van der Waals surface area contributed by atoms with Crippen molar-refractivity contribution in [1.29, 1.82) is 0 Å². The normalized spacial score (nSPS) is 10.2. The smallest absolute Gasteiger partial charge is 0.250 e. The van der Waals surface area contributed by atoms with Crippen LogP contribution in [0.1, 0.15) is 0 Å². The summed E-state index contributed by atoms with van der Waals surface area (Å²) in [7, 11) is 3.78. The largest absolute Gasteiger partial charge is 0.481 e. The second-order valence-electron chi connectivity index (χ2n) is 5.79. The van der Waals surface area contributed by atoms with Crippen LogP contribution in [0.2, 0.25) is 0 Å². The molecule has 126 valence electrons. The summed E-state index contributed by atoms with van der Waals surface area (Å²) in [5.74, 6) is 6.97. The minimum atomic E-state index is -0.00196. The third-order valence-electron chi connectivity index (χ3n) is 4.04. The van der Waals surface area contributed by atoms with Crippen LogP contribution < -0.4 is 15.2 Å². The highest BCUT2D eigenvalue weighted by Crippen LogP contribution is 2.19. The van der Waals surface area contributed by atoms with Crippen molar-refractivity contribution >= 4 is 16.6 Å². The van der Waals surface area contributed by atoms with Gasteiger partial charge in [0.1, 0.15) is 12.4 Å². The number of hydrogen-bond donors (Lipinski definition) is 0. The minimum absolute atomic E-state index is 0.00196. The van der Waals surface area contributed by atoms with E-state index in [9.17, 15) is 4.79 Å². The zero-order valence-electron chi connectivity index (χ0n) is 14.4. The quantitative estimate of drug-likeness (QED) is 0.689. The Morgan fingerprint density at radius 1 is 1.04 bits per heavy atom. The highest BCUT2D eigenvalue weighted by Gasteiger charge is 2.03. The first-order valence-electron chi connectivity index (χ1n) is 8.09. The molecule has 1 aromatic heterocycles. The van der Waals surface area contributed by atoms with Crippen molar-refractivity contribution in [2.45, 2.75) is 0 Å². The highest BCUT2D eigenvalue weighted by atomic mass is 16.5. The molecule has 0 unspecified atom stereocenters. The SMILES string of the molecule is CN(CC#CCOc1ccccc1)c1ccc2c(ccc(=O)n2C)c1. The van der Waals surface area contributed by atoms with E-state index in [1.807, 2.05) is 55.6 Å². The highest BCUT2D eigenvalue weighted by molar-refractivity contribution is 5.83. The predicted molar refractivity (Wildman–Crippen MR) is 102 cm³/mol. The molecule has 3 rings (SSSR count). The van der Waals surface area contributed by atoms with Gasteiger partial charge in [-0.1, -0.05) is 30.0 Å². The summed E-state index contributed by atoms with van der Waals surface area (Å²) in [5.41, 5.74) is 1.98. The number of hydrogen-bond acceptors (Lipinski definition) is 3. The number of rotatable bonds is 4. The maximum Gasteiger partial charge on any atom is 0.250 e. The van der Waals surface area contributed by atoms with Crippen LogP contribution in [0.5, 0.6) is 5.75 Å². The number of para-hydroxylation sites is 1. The standard InChI is InChI=1S/C21H20N2O2/c1-22(14-6-7-15-25-19-8-4-3-5-9-19)18-11-12-20-17(16-18)10-13-21(24)23(20)2/h3-5,8-13,16H,14-15H2,1-2H3. The van der Waals surface area contributed by atoms with Gasteiger partial charge in [0.2, 0.25) is 0 Å². The maximum absolute atomic E-state index is 11.7. The Hall–Kier alpha value is -3.19. The average Bonchev–Trinajstić information content (AvgIpc) is 2.65. The number of ether oxygens (including phenoxy) is 1. The first-order chi connectivity index (χ1) is 12.1. The molecule has 0 fully saturated rings. The molecule has 0 radical (unpaired) electrons. The molecule has 0 saturated heterocycles. The van der Waals surface area contributed by atoms with Crippen molar-refractivity contribution < 1.29 is 4.74 Å². The molecular weight excluding hydrogens is 312 g/mol. The molecule has 2 aromatic carbocycles. The third-order valence-corrected chi connectivity index (χ3v) is 4.04. The van der Waals surface area contributed by atoms with Crippen LogP contribution in [0.15, 0.2) is 65.5 Å². The van der Waals surface area contributed by atoms with Gasteiger partial charge in [-0.3, -0.25) is 4.79 Å². The zero-order chi connectivity index (χ0) is 17.6. The van der Waals surface area contributed by atoms with E-state index < -0.39 is 0 Å². The molecule has 1 heterocycles. The molecule has 0 atom stereocenters. The van der Waals surface area contributed by atoms with Gasteiger partial charge in [0.05, 0.1) is 12.1 Å². The zero-order valence-corrected chi connectivity index (χ0v) is 14.4. The lowest BCUT2D eigenvalue weighted by molar-refractivity contribution is 0.370. The summed E-state index contributed by atoms with van der Waals surface area (Å²) >= 11 is 0. The Labute approximate surface area is 147 Å². The van der Waals surface area contributed by atoms with Crippen LogP contribution in [-0.2, 0) is 7.05 Å². The fourth-order valence-electron chi connectivity index (χ4n) is 2.56. The van der Waals surface area contributed by atoms with Crippen molar-refractivity contribution in [2.75, 3.05) is 25.1 Å². The third kappa shape index (κ3) is 4.02. The summed E-state index contributed by atoms with van der Waals surface area (Å²) in [6, 6.07) is 19.1. The Morgan fingerprint density at radius 3 is 2.64 bits per heavy atom. The monoisotopic (exact) mass is 332 g/mol. The first kappa shape index (κ1) is 16.7. The van der Waals surface area contributed by atoms with E-state index in [4.69, 9.17) is 4.74 Å². The fourth-order valence-corrected chi connectivity index (χ4v) is 2.56. The minimum Gasteiger partial charge on any atom is -0.481 e. The molecule has 0 aliphatic rings. The van der Waals surface area contributed by atoms with Gasteiger partial charge in [-0.15, -0.1) is 0 Å². The topological polar surface area (TPSA) is 34.5 Å². The van der Waals surface area contributed by atoms with Crippen LogP contribution in [0, 0.1) is 11.8 Å². The van der Waals surface area contributed by atoms with Gasteiger partial charge < -0.3 is 14.2 Å². The number of aromatic nitrogens is 1. The number of pyridine rings is 1. The summed E-state index contributed by atoms with van der Waals surface area (Å²) in [6.45, 7) is 0.979. The first-order valence-corrected chi connectivity index (χ1v) is 8.09. The summed E-state index contributed by atoms with van der Waals surface area (Å²) in [6.07, 6.45) is 0. The van der Waals surface area contributed by atoms with Crippen molar-refractivity contribution in [1.82, 2.24) is 4.57 Å². The van der Waals surface area contributed by atoms with Gasteiger partial charge in [0, 0.05) is 31.2 Å². The van der Waals surface area contributed by atoms with Crippen LogP contribution in [0.4, 0.5) is 5.69 Å². The van der Waals surface area contributed by atoms with Gasteiger partial charge >= 0.3 is 0 Å². The second kappa shape index (κ2) is 7.59. The molecule has 3 aromatic rings. The van der Waals surface area contributed by atoms with E-state index in [1.54, 1.807) is 17.7 Å². The summed E-state index contributed by atoms with van der Waals surface area (Å²) < 4.78 is 7.20. The maximum atomic E-state index is 11.7. The number of anilines is 1. The van der Waals surface area contributed by atoms with E-state index in [-0.39, 0.29) is 5.56 Å². The van der Waals surface area contributed by atoms with Crippen molar-refractivity contribution in [3.8, 4) is 17.6 Å². The molecule has 4 nitrogen and oxygen atoms in total. The molecule has 0 saturated carbocycles. The van der Waals surface area contributed by atoms with Crippen molar-refractivity contribution in [3.05, 3.63) is 71.0 Å². The molecule has 0 N–H and O–H groups in total. The van der Waals surface area contributed by atoms with E-state index >= 15 is 0 Å². The van der Waals surface area contributed by atoms with E-state index in [0.717, 1.165) is 22.3 Å². The Morgan fingerprint density at radius 2 is 1.84 bits per heavy atom. The lowest BCUT2D eigenvalue weighted by Crippen LogP contribution is -2.18. The molecule has 0 amide bonds. The van der Waals surface area contributed by atoms with Crippen LogP contribution in [0.3, 0.4) is 0 Å². The molecule has 0 aliphatic carbocycles. The Kier molecular flexibility index (Phi) is 5.06. The molecule has 25 heavy (non-hydrogen) atoms. The van der Waals surface area contributed by atoms with Gasteiger partial charge in [0.15, 0.2) is 0 Å². The van der Waals surface area contributed by atoms with Gasteiger partial charge in [-0.05, 0) is 36.4 Å². The molecule has 0 bridgehead atoms. The number of nitrogens with zero attached hydrogens (tertiary/aromatic N) is 2. The fraction of sp³-hybridized carbons (Fsp3) is 0.190. The van der Waals surface area contributed by atoms with Crippen molar-refractivity contribution in [3.63, 3.8) is 0 Å². The summed E-state index contributed by atoms with van der Waals surface area (Å²) in [4.78, 5) is 13.7. The Balaban J connectivity index is 1.63. The molecular formula is C21H20N2O2. The molecule has 0 aliphatic heterocycles. The van der Waals surface area contributed by atoms with E-state index in [0.29, 0.717) is 13.2 Å². The van der Waals surface area contributed by atoms with E-state index in [1.165, 1.54) is 0 Å². The van der Waals surface area contributed by atoms with Crippen LogP contribution in [-0.4, -0.2) is 24.8 Å². The van der Waals surface area contributed by atoms with Crippen molar-refractivity contribution in [2.24, 2.45) is 7.05 Å². The second-order valence-corrected chi connectivity index (χ2v) is 5.79. The van der Waals surface area contributed by atoms with Crippen LogP contribution >= 0.6 is 0 Å².